The molecule has 1 atom stereocenters. The highest BCUT2D eigenvalue weighted by Crippen LogP contribution is 2.15. The minimum Gasteiger partial charge on any atom is -0.376 e. The molecular formula is C25H33N3O3. The van der Waals surface area contributed by atoms with E-state index < -0.39 is 0 Å². The standard InChI is InChI=1S/C25H33N3O3/c1-19-9-16-28(18-22-8-5-17-31-22)25(30)23(19)24(29)26-21-11-14-27(15-12-21)13-10-20-6-3-2-4-7-20/h2-4,6-7,9,16,21-22H,5,8,10-15,17-18H2,1H3,(H,26,29). The van der Waals surface area contributed by atoms with Crippen LogP contribution in [0.5, 0.6) is 0 Å². The molecule has 0 aliphatic carbocycles. The van der Waals surface area contributed by atoms with Crippen molar-refractivity contribution in [1.29, 1.82) is 0 Å². The highest BCUT2D eigenvalue weighted by molar-refractivity contribution is 5.95. The molecule has 3 heterocycles. The van der Waals surface area contributed by atoms with Gasteiger partial charge in [0.1, 0.15) is 5.56 Å². The second-order valence-corrected chi connectivity index (χ2v) is 8.79. The summed E-state index contributed by atoms with van der Waals surface area (Å²) in [5.41, 5.74) is 2.14. The fourth-order valence-electron chi connectivity index (χ4n) is 4.58. The Kier molecular flexibility index (Phi) is 7.20. The summed E-state index contributed by atoms with van der Waals surface area (Å²) in [4.78, 5) is 28.4. The highest BCUT2D eigenvalue weighted by Gasteiger charge is 2.24. The highest BCUT2D eigenvalue weighted by atomic mass is 16.5. The summed E-state index contributed by atoms with van der Waals surface area (Å²) >= 11 is 0. The second-order valence-electron chi connectivity index (χ2n) is 8.79. The average Bonchev–Trinajstić information content (AvgIpc) is 3.29. The Labute approximate surface area is 184 Å². The number of carbonyl (C=O) groups excluding carboxylic acids is 1. The lowest BCUT2D eigenvalue weighted by Crippen LogP contribution is -2.46. The number of aryl methyl sites for hydroxylation is 1. The van der Waals surface area contributed by atoms with Crippen LogP contribution in [-0.2, 0) is 17.7 Å². The molecule has 2 saturated heterocycles. The number of carbonyl (C=O) groups is 1. The van der Waals surface area contributed by atoms with Crippen molar-refractivity contribution in [3.63, 3.8) is 0 Å². The van der Waals surface area contributed by atoms with Gasteiger partial charge in [0.25, 0.3) is 11.5 Å². The van der Waals surface area contributed by atoms with Gasteiger partial charge in [0.2, 0.25) is 0 Å². The van der Waals surface area contributed by atoms with E-state index >= 15 is 0 Å². The lowest BCUT2D eigenvalue weighted by Gasteiger charge is -2.32. The van der Waals surface area contributed by atoms with Gasteiger partial charge in [-0.05, 0) is 56.2 Å². The van der Waals surface area contributed by atoms with Crippen LogP contribution >= 0.6 is 0 Å². The molecule has 6 nitrogen and oxygen atoms in total. The summed E-state index contributed by atoms with van der Waals surface area (Å²) in [7, 11) is 0. The third-order valence-corrected chi connectivity index (χ3v) is 6.51. The first kappa shape index (κ1) is 21.8. The number of nitrogens with zero attached hydrogens (tertiary/aromatic N) is 2. The average molecular weight is 424 g/mol. The van der Waals surface area contributed by atoms with Crippen molar-refractivity contribution >= 4 is 5.91 Å². The zero-order chi connectivity index (χ0) is 21.6. The molecule has 31 heavy (non-hydrogen) atoms. The van der Waals surface area contributed by atoms with Crippen LogP contribution in [0.2, 0.25) is 0 Å². The summed E-state index contributed by atoms with van der Waals surface area (Å²) in [6.07, 6.45) is 6.71. The summed E-state index contributed by atoms with van der Waals surface area (Å²) < 4.78 is 7.29. The Hall–Kier alpha value is -2.44. The molecule has 1 aromatic heterocycles. The van der Waals surface area contributed by atoms with Gasteiger partial charge in [0.05, 0.1) is 12.6 Å². The van der Waals surface area contributed by atoms with Crippen LogP contribution in [0.25, 0.3) is 0 Å². The number of benzene rings is 1. The van der Waals surface area contributed by atoms with Crippen LogP contribution in [-0.4, -0.2) is 53.8 Å². The van der Waals surface area contributed by atoms with Gasteiger partial charge < -0.3 is 19.5 Å². The molecule has 2 aliphatic rings. The number of ether oxygens (including phenoxy) is 1. The lowest BCUT2D eigenvalue weighted by atomic mass is 10.0. The number of nitrogens with one attached hydrogen (secondary N) is 1. The molecule has 1 unspecified atom stereocenters. The van der Waals surface area contributed by atoms with E-state index in [1.165, 1.54) is 5.56 Å². The van der Waals surface area contributed by atoms with Crippen LogP contribution in [0.15, 0.2) is 47.4 Å². The van der Waals surface area contributed by atoms with Crippen molar-refractivity contribution in [2.24, 2.45) is 0 Å². The van der Waals surface area contributed by atoms with Gasteiger partial charge in [-0.25, -0.2) is 0 Å². The van der Waals surface area contributed by atoms with Crippen LogP contribution in [0.3, 0.4) is 0 Å². The van der Waals surface area contributed by atoms with Gasteiger partial charge in [0, 0.05) is 38.5 Å². The Morgan fingerprint density at radius 3 is 2.61 bits per heavy atom. The second kappa shape index (κ2) is 10.2. The summed E-state index contributed by atoms with van der Waals surface area (Å²) in [6, 6.07) is 12.5. The number of piperidine rings is 1. The summed E-state index contributed by atoms with van der Waals surface area (Å²) in [5, 5.41) is 3.12. The Bertz CT molecular complexity index is 927. The van der Waals surface area contributed by atoms with Crippen LogP contribution in [0.4, 0.5) is 0 Å². The van der Waals surface area contributed by atoms with Crippen LogP contribution < -0.4 is 10.9 Å². The number of likely N-dealkylation sites (tertiary alicyclic amines) is 1. The molecule has 166 valence electrons. The van der Waals surface area contributed by atoms with Crippen molar-refractivity contribution in [1.82, 2.24) is 14.8 Å². The van der Waals surface area contributed by atoms with E-state index in [-0.39, 0.29) is 29.2 Å². The molecule has 2 fully saturated rings. The molecule has 0 spiro atoms. The van der Waals surface area contributed by atoms with Gasteiger partial charge in [-0.2, -0.15) is 0 Å². The Morgan fingerprint density at radius 2 is 1.90 bits per heavy atom. The fourth-order valence-corrected chi connectivity index (χ4v) is 4.58. The predicted molar refractivity (Wildman–Crippen MR) is 121 cm³/mol. The largest absolute Gasteiger partial charge is 0.376 e. The zero-order valence-corrected chi connectivity index (χ0v) is 18.4. The quantitative estimate of drug-likeness (QED) is 0.744. The smallest absolute Gasteiger partial charge is 0.263 e. The van der Waals surface area contributed by atoms with E-state index in [1.54, 1.807) is 10.8 Å². The number of amides is 1. The van der Waals surface area contributed by atoms with Crippen molar-refractivity contribution in [2.75, 3.05) is 26.2 Å². The molecule has 1 aromatic carbocycles. The van der Waals surface area contributed by atoms with E-state index in [0.717, 1.165) is 63.9 Å². The number of hydrogen-bond acceptors (Lipinski definition) is 4. The maximum absolute atomic E-state index is 13.0. The van der Waals surface area contributed by atoms with Gasteiger partial charge in [-0.15, -0.1) is 0 Å². The minimum atomic E-state index is -0.244. The number of rotatable bonds is 7. The molecule has 0 saturated carbocycles. The van der Waals surface area contributed by atoms with E-state index in [2.05, 4.69) is 34.5 Å². The van der Waals surface area contributed by atoms with Crippen molar-refractivity contribution in [2.45, 2.75) is 57.7 Å². The maximum atomic E-state index is 13.0. The molecule has 2 aromatic rings. The van der Waals surface area contributed by atoms with E-state index in [1.807, 2.05) is 19.1 Å². The first-order valence-electron chi connectivity index (χ1n) is 11.5. The molecular weight excluding hydrogens is 390 g/mol. The normalized spacial score (nSPS) is 20.1. The SMILES string of the molecule is Cc1ccn(CC2CCCO2)c(=O)c1C(=O)NC1CCN(CCc2ccccc2)CC1. The van der Waals surface area contributed by atoms with Gasteiger partial charge in [-0.3, -0.25) is 9.59 Å². The Morgan fingerprint density at radius 1 is 1.13 bits per heavy atom. The summed E-state index contributed by atoms with van der Waals surface area (Å²) in [6.45, 7) is 6.07. The third kappa shape index (κ3) is 5.63. The monoisotopic (exact) mass is 423 g/mol. The van der Waals surface area contributed by atoms with Gasteiger partial charge in [-0.1, -0.05) is 30.3 Å². The lowest BCUT2D eigenvalue weighted by molar-refractivity contribution is 0.0898. The predicted octanol–water partition coefficient (Wildman–Crippen LogP) is 2.77. The molecule has 4 rings (SSSR count). The molecule has 6 heteroatoms. The number of aromatic nitrogens is 1. The van der Waals surface area contributed by atoms with Gasteiger partial charge >= 0.3 is 0 Å². The zero-order valence-electron chi connectivity index (χ0n) is 18.4. The van der Waals surface area contributed by atoms with Crippen molar-refractivity contribution in [3.05, 3.63) is 69.6 Å². The Balaban J connectivity index is 1.31. The molecule has 0 bridgehead atoms. The molecule has 0 radical (unpaired) electrons. The first-order valence-corrected chi connectivity index (χ1v) is 11.5. The third-order valence-electron chi connectivity index (χ3n) is 6.51. The van der Waals surface area contributed by atoms with E-state index in [9.17, 15) is 9.59 Å². The molecule has 1 N–H and O–H groups in total. The van der Waals surface area contributed by atoms with Crippen molar-refractivity contribution < 1.29 is 9.53 Å². The van der Waals surface area contributed by atoms with Gasteiger partial charge in [0.15, 0.2) is 0 Å². The number of hydrogen-bond donors (Lipinski definition) is 1. The topological polar surface area (TPSA) is 63.6 Å². The maximum Gasteiger partial charge on any atom is 0.263 e. The van der Waals surface area contributed by atoms with Crippen molar-refractivity contribution in [3.8, 4) is 0 Å². The minimum absolute atomic E-state index is 0.0662. The molecule has 2 aliphatic heterocycles. The van der Waals surface area contributed by atoms with Crippen LogP contribution in [0, 0.1) is 6.92 Å². The number of pyridine rings is 1. The molecule has 1 amide bonds. The summed E-state index contributed by atoms with van der Waals surface area (Å²) in [5.74, 6) is -0.244. The van der Waals surface area contributed by atoms with Crippen LogP contribution in [0.1, 0.15) is 47.2 Å². The van der Waals surface area contributed by atoms with E-state index in [0.29, 0.717) is 6.54 Å². The van der Waals surface area contributed by atoms with E-state index in [4.69, 9.17) is 4.74 Å². The fraction of sp³-hybridized carbons (Fsp3) is 0.520. The first-order chi connectivity index (χ1) is 15.1.